The molecule has 7 nitrogen and oxygen atoms in total. The predicted molar refractivity (Wildman–Crippen MR) is 130 cm³/mol. The van der Waals surface area contributed by atoms with Gasteiger partial charge in [0.15, 0.2) is 0 Å². The van der Waals surface area contributed by atoms with Crippen molar-refractivity contribution >= 4 is 16.1 Å². The summed E-state index contributed by atoms with van der Waals surface area (Å²) in [7, 11) is -4.10. The number of ether oxygens (including phenoxy) is 1. The lowest BCUT2D eigenvalue weighted by molar-refractivity contribution is -0.0122. The van der Waals surface area contributed by atoms with Crippen LogP contribution in [-0.4, -0.2) is 60.3 Å². The summed E-state index contributed by atoms with van der Waals surface area (Å²) in [6.07, 6.45) is -1.53. The van der Waals surface area contributed by atoms with Crippen LogP contribution < -0.4 is 4.72 Å². The highest BCUT2D eigenvalue weighted by Crippen LogP contribution is 2.36. The van der Waals surface area contributed by atoms with Gasteiger partial charge in [-0.15, -0.1) is 0 Å². The van der Waals surface area contributed by atoms with Gasteiger partial charge in [0.25, 0.3) is 5.92 Å². The molecule has 1 amide bonds. The fraction of sp³-hybridized carbons (Fsp3) is 0.520. The van der Waals surface area contributed by atoms with Crippen molar-refractivity contribution in [1.82, 2.24) is 14.6 Å². The number of nitrogens with zero attached hydrogens (tertiary/aromatic N) is 2. The maximum atomic E-state index is 15.6. The standard InChI is InChI=1S/C25H31F4N3O4S/c1-6-37(34,35)31-22-19(32(14-25(22,28)29)23(33)36-24(3,4)5)13-17-9-7-8-16(21(17)27)12-18-15(2)10-11-20(26)30-18/h7-11,19,22,31H,6,12-14H2,1-5H3/t19-,22+/m0/s1. The van der Waals surface area contributed by atoms with Crippen molar-refractivity contribution in [3.63, 3.8) is 0 Å². The first-order chi connectivity index (χ1) is 17.0. The quantitative estimate of drug-likeness (QED) is 0.413. The van der Waals surface area contributed by atoms with Gasteiger partial charge in [-0.3, -0.25) is 4.90 Å². The second-order valence-corrected chi connectivity index (χ2v) is 12.1. The minimum Gasteiger partial charge on any atom is -0.444 e. The van der Waals surface area contributed by atoms with Crippen LogP contribution in [0.3, 0.4) is 0 Å². The molecular weight excluding hydrogens is 514 g/mol. The van der Waals surface area contributed by atoms with Crippen LogP contribution in [0.25, 0.3) is 0 Å². The molecule has 2 aromatic rings. The van der Waals surface area contributed by atoms with E-state index in [0.717, 1.165) is 4.90 Å². The number of amides is 1. The zero-order valence-electron chi connectivity index (χ0n) is 21.3. The molecule has 1 aliphatic rings. The predicted octanol–water partition coefficient (Wildman–Crippen LogP) is 4.36. The van der Waals surface area contributed by atoms with E-state index in [4.69, 9.17) is 4.74 Å². The lowest BCUT2D eigenvalue weighted by Crippen LogP contribution is -2.53. The van der Waals surface area contributed by atoms with Crippen LogP contribution >= 0.6 is 0 Å². The largest absolute Gasteiger partial charge is 0.444 e. The van der Waals surface area contributed by atoms with Crippen LogP contribution in [0.15, 0.2) is 30.3 Å². The molecule has 12 heteroatoms. The number of aromatic nitrogens is 1. The number of nitrogens with one attached hydrogen (secondary N) is 1. The third-order valence-corrected chi connectivity index (χ3v) is 7.42. The van der Waals surface area contributed by atoms with Gasteiger partial charge in [-0.2, -0.15) is 4.39 Å². The molecule has 3 rings (SSSR count). The Hall–Kier alpha value is -2.73. The van der Waals surface area contributed by atoms with Crippen molar-refractivity contribution in [3.8, 4) is 0 Å². The SMILES string of the molecule is CCS(=O)(=O)N[C@@H]1[C@H](Cc2cccc(Cc3nc(F)ccc3C)c2F)N(C(=O)OC(C)(C)C)CC1(F)F. The maximum absolute atomic E-state index is 15.6. The molecule has 204 valence electrons. The summed E-state index contributed by atoms with van der Waals surface area (Å²) in [6.45, 7) is 6.59. The molecule has 37 heavy (non-hydrogen) atoms. The smallest absolute Gasteiger partial charge is 0.410 e. The molecule has 1 aromatic carbocycles. The highest BCUT2D eigenvalue weighted by atomic mass is 32.2. The molecule has 0 spiro atoms. The summed E-state index contributed by atoms with van der Waals surface area (Å²) in [6, 6.07) is 3.62. The van der Waals surface area contributed by atoms with Gasteiger partial charge in [0.2, 0.25) is 16.0 Å². The maximum Gasteiger partial charge on any atom is 0.410 e. The van der Waals surface area contributed by atoms with Gasteiger partial charge in [0.05, 0.1) is 24.0 Å². The number of carbonyl (C=O) groups excluding carboxylic acids is 1. The first kappa shape index (κ1) is 28.8. The molecule has 0 bridgehead atoms. The Balaban J connectivity index is 2.00. The molecular formula is C25H31F4N3O4S. The van der Waals surface area contributed by atoms with Crippen molar-refractivity contribution in [2.75, 3.05) is 12.3 Å². The normalized spacial score (nSPS) is 19.8. The number of benzene rings is 1. The second kappa shape index (κ2) is 10.6. The Morgan fingerprint density at radius 1 is 1.19 bits per heavy atom. The highest BCUT2D eigenvalue weighted by molar-refractivity contribution is 7.89. The van der Waals surface area contributed by atoms with E-state index in [9.17, 15) is 17.6 Å². The number of halogens is 4. The number of hydrogen-bond donors (Lipinski definition) is 1. The summed E-state index contributed by atoms with van der Waals surface area (Å²) in [5.41, 5.74) is 0.0968. The van der Waals surface area contributed by atoms with Crippen LogP contribution in [-0.2, 0) is 27.6 Å². The molecule has 1 N–H and O–H groups in total. The molecule has 1 fully saturated rings. The molecule has 1 aliphatic heterocycles. The highest BCUT2D eigenvalue weighted by Gasteiger charge is 2.57. The molecule has 2 atom stereocenters. The number of aryl methyl sites for hydroxylation is 1. The van der Waals surface area contributed by atoms with Gasteiger partial charge < -0.3 is 4.74 Å². The first-order valence-electron chi connectivity index (χ1n) is 11.8. The molecule has 2 heterocycles. The fourth-order valence-electron chi connectivity index (χ4n) is 4.15. The number of sulfonamides is 1. The van der Waals surface area contributed by atoms with E-state index in [2.05, 4.69) is 4.98 Å². The van der Waals surface area contributed by atoms with Gasteiger partial charge in [-0.25, -0.2) is 36.1 Å². The third-order valence-electron chi connectivity index (χ3n) is 6.05. The van der Waals surface area contributed by atoms with E-state index < -0.39 is 70.2 Å². The van der Waals surface area contributed by atoms with Crippen molar-refractivity contribution < 1.29 is 35.5 Å². The van der Waals surface area contributed by atoms with Gasteiger partial charge in [0.1, 0.15) is 17.5 Å². The van der Waals surface area contributed by atoms with E-state index >= 15 is 13.2 Å². The molecule has 0 radical (unpaired) electrons. The van der Waals surface area contributed by atoms with Crippen LogP contribution in [0.2, 0.25) is 0 Å². The minimum atomic E-state index is -4.10. The Bertz CT molecular complexity index is 1270. The van der Waals surface area contributed by atoms with Crippen LogP contribution in [0.5, 0.6) is 0 Å². The summed E-state index contributed by atoms with van der Waals surface area (Å²) in [4.78, 5) is 17.4. The average Bonchev–Trinajstić information content (AvgIpc) is 3.02. The van der Waals surface area contributed by atoms with Crippen molar-refractivity contribution in [1.29, 1.82) is 0 Å². The zero-order chi connectivity index (χ0) is 27.8. The van der Waals surface area contributed by atoms with Crippen molar-refractivity contribution in [2.24, 2.45) is 0 Å². The number of hydrogen-bond acceptors (Lipinski definition) is 5. The Morgan fingerprint density at radius 2 is 1.84 bits per heavy atom. The molecule has 0 unspecified atom stereocenters. The third kappa shape index (κ3) is 6.98. The van der Waals surface area contributed by atoms with Crippen LogP contribution in [0.1, 0.15) is 50.1 Å². The number of carbonyl (C=O) groups is 1. The number of alkyl halides is 2. The zero-order valence-corrected chi connectivity index (χ0v) is 22.1. The van der Waals surface area contributed by atoms with E-state index in [1.807, 2.05) is 4.72 Å². The Morgan fingerprint density at radius 3 is 2.46 bits per heavy atom. The molecule has 0 aliphatic carbocycles. The summed E-state index contributed by atoms with van der Waals surface area (Å²) in [5.74, 6) is -5.54. The molecule has 0 saturated carbocycles. The summed E-state index contributed by atoms with van der Waals surface area (Å²) < 4.78 is 91.2. The molecule has 1 saturated heterocycles. The van der Waals surface area contributed by atoms with Gasteiger partial charge in [-0.05, 0) is 63.8 Å². The van der Waals surface area contributed by atoms with Crippen molar-refractivity contribution in [2.45, 2.75) is 71.1 Å². The minimum absolute atomic E-state index is 0.0106. The lowest BCUT2D eigenvalue weighted by Gasteiger charge is -2.30. The fourth-order valence-corrected chi connectivity index (χ4v) is 5.03. The van der Waals surface area contributed by atoms with Gasteiger partial charge in [-0.1, -0.05) is 24.3 Å². The Kier molecular flexibility index (Phi) is 8.23. The monoisotopic (exact) mass is 545 g/mol. The summed E-state index contributed by atoms with van der Waals surface area (Å²) >= 11 is 0. The topological polar surface area (TPSA) is 88.6 Å². The summed E-state index contributed by atoms with van der Waals surface area (Å²) in [5, 5.41) is 0. The van der Waals surface area contributed by atoms with Gasteiger partial charge in [0, 0.05) is 6.42 Å². The van der Waals surface area contributed by atoms with Crippen molar-refractivity contribution in [3.05, 3.63) is 64.5 Å². The Labute approximate surface area is 214 Å². The average molecular weight is 546 g/mol. The number of likely N-dealkylation sites (tertiary alicyclic amines) is 1. The van der Waals surface area contributed by atoms with E-state index in [1.54, 1.807) is 27.7 Å². The lowest BCUT2D eigenvalue weighted by atomic mass is 9.96. The van der Waals surface area contributed by atoms with E-state index in [-0.39, 0.29) is 17.5 Å². The van der Waals surface area contributed by atoms with E-state index in [1.165, 1.54) is 37.3 Å². The first-order valence-corrected chi connectivity index (χ1v) is 13.4. The van der Waals surface area contributed by atoms with Crippen LogP contribution in [0.4, 0.5) is 22.4 Å². The van der Waals surface area contributed by atoms with Crippen LogP contribution in [0, 0.1) is 18.7 Å². The number of pyridine rings is 1. The second-order valence-electron chi connectivity index (χ2n) is 10.1. The van der Waals surface area contributed by atoms with E-state index in [0.29, 0.717) is 11.3 Å². The van der Waals surface area contributed by atoms with Gasteiger partial charge >= 0.3 is 6.09 Å². The molecule has 1 aromatic heterocycles. The number of rotatable bonds is 7.